The molecule has 0 bridgehead atoms. The normalized spacial score (nSPS) is 12.6. The summed E-state index contributed by atoms with van der Waals surface area (Å²) in [6.07, 6.45) is -0.525. The maximum absolute atomic E-state index is 10.8. The number of nitrogens with two attached hydrogens (primary N) is 1. The van der Waals surface area contributed by atoms with E-state index in [9.17, 15) is 4.79 Å². The van der Waals surface area contributed by atoms with Gasteiger partial charge in [0.15, 0.2) is 0 Å². The fourth-order valence-electron chi connectivity index (χ4n) is 0.561. The van der Waals surface area contributed by atoms with Crippen LogP contribution in [0.4, 0.5) is 0 Å². The molecule has 0 aromatic carbocycles. The molecule has 0 aliphatic rings. The average molecular weight is 176 g/mol. The quantitative estimate of drug-likeness (QED) is 0.428. The van der Waals surface area contributed by atoms with Crippen molar-refractivity contribution in [1.29, 1.82) is 0 Å². The smallest absolute Gasteiger partial charge is 0.246 e. The lowest BCUT2D eigenvalue weighted by Gasteiger charge is -2.06. The zero-order valence-corrected chi connectivity index (χ0v) is 7.25. The number of amides is 1. The minimum absolute atomic E-state index is 0.00389. The number of aliphatic hydroxyl groups is 1. The van der Waals surface area contributed by atoms with Gasteiger partial charge in [-0.1, -0.05) is 0 Å². The topological polar surface area (TPSA) is 84.6 Å². The molecule has 1 atom stereocenters. The van der Waals surface area contributed by atoms with Crippen LogP contribution in [0.1, 0.15) is 6.92 Å². The van der Waals surface area contributed by atoms with Crippen molar-refractivity contribution in [3.05, 3.63) is 0 Å². The lowest BCUT2D eigenvalue weighted by molar-refractivity contribution is -0.126. The summed E-state index contributed by atoms with van der Waals surface area (Å²) in [5.74, 6) is -0.232. The minimum atomic E-state index is -0.525. The highest BCUT2D eigenvalue weighted by molar-refractivity contribution is 5.77. The highest BCUT2D eigenvalue weighted by Crippen LogP contribution is 1.77. The Bertz CT molecular complexity index is 128. The zero-order chi connectivity index (χ0) is 9.40. The number of carbonyl (C=O) groups excluding carboxylic acids is 1. The first-order valence-electron chi connectivity index (χ1n) is 3.89. The summed E-state index contributed by atoms with van der Waals surface area (Å²) in [5.41, 5.74) is 5.14. The molecule has 5 heteroatoms. The van der Waals surface area contributed by atoms with Gasteiger partial charge in [0.25, 0.3) is 0 Å². The molecule has 0 saturated heterocycles. The molecule has 0 rings (SSSR count). The standard InChI is InChI=1S/C7H16N2O3/c1-6(10)4-9-7(11)5-12-3-2-8/h6,10H,2-5,8H2,1H3,(H,9,11)/t6-/m1/s1. The Kier molecular flexibility index (Phi) is 6.64. The van der Waals surface area contributed by atoms with E-state index in [0.717, 1.165) is 0 Å². The van der Waals surface area contributed by atoms with Crippen molar-refractivity contribution in [2.45, 2.75) is 13.0 Å². The van der Waals surface area contributed by atoms with E-state index in [0.29, 0.717) is 13.2 Å². The van der Waals surface area contributed by atoms with Crippen LogP contribution in [0.25, 0.3) is 0 Å². The van der Waals surface area contributed by atoms with Crippen LogP contribution >= 0.6 is 0 Å². The molecular weight excluding hydrogens is 160 g/mol. The number of nitrogens with one attached hydrogen (secondary N) is 1. The molecule has 0 radical (unpaired) electrons. The summed E-state index contributed by atoms with van der Waals surface area (Å²) in [6.45, 7) is 2.64. The van der Waals surface area contributed by atoms with Gasteiger partial charge >= 0.3 is 0 Å². The largest absolute Gasteiger partial charge is 0.392 e. The Labute approximate surface area is 71.9 Å². The number of hydrogen-bond donors (Lipinski definition) is 3. The minimum Gasteiger partial charge on any atom is -0.392 e. The summed E-state index contributed by atoms with van der Waals surface area (Å²) < 4.78 is 4.86. The summed E-state index contributed by atoms with van der Waals surface area (Å²) in [7, 11) is 0. The van der Waals surface area contributed by atoms with Crippen molar-refractivity contribution in [3.63, 3.8) is 0 Å². The predicted octanol–water partition coefficient (Wildman–Crippen LogP) is -1.54. The second-order valence-electron chi connectivity index (χ2n) is 2.49. The Morgan fingerprint density at radius 2 is 2.42 bits per heavy atom. The molecule has 0 aliphatic carbocycles. The molecular formula is C7H16N2O3. The third-order valence-electron chi connectivity index (χ3n) is 1.09. The first kappa shape index (κ1) is 11.4. The van der Waals surface area contributed by atoms with Crippen molar-refractivity contribution >= 4 is 5.91 Å². The van der Waals surface area contributed by atoms with Gasteiger partial charge in [0, 0.05) is 13.1 Å². The molecule has 4 N–H and O–H groups in total. The molecule has 0 unspecified atom stereocenters. The second kappa shape index (κ2) is 7.02. The van der Waals surface area contributed by atoms with Gasteiger partial charge in [-0.3, -0.25) is 4.79 Å². The first-order valence-corrected chi connectivity index (χ1v) is 3.89. The SMILES string of the molecule is C[C@@H](O)CNC(=O)COCCN. The van der Waals surface area contributed by atoms with Crippen LogP contribution in [0.15, 0.2) is 0 Å². The third kappa shape index (κ3) is 7.46. The van der Waals surface area contributed by atoms with Crippen LogP contribution in [0.3, 0.4) is 0 Å². The Balaban J connectivity index is 3.22. The molecule has 0 aromatic rings. The Morgan fingerprint density at radius 3 is 2.92 bits per heavy atom. The summed E-state index contributed by atoms with van der Waals surface area (Å²) in [6, 6.07) is 0. The number of rotatable bonds is 6. The number of carbonyl (C=O) groups is 1. The zero-order valence-electron chi connectivity index (χ0n) is 7.25. The predicted molar refractivity (Wildman–Crippen MR) is 44.6 cm³/mol. The van der Waals surface area contributed by atoms with Gasteiger partial charge in [0.05, 0.1) is 12.7 Å². The number of hydrogen-bond acceptors (Lipinski definition) is 4. The molecule has 5 nitrogen and oxygen atoms in total. The molecule has 72 valence electrons. The van der Waals surface area contributed by atoms with Gasteiger partial charge in [0.2, 0.25) is 5.91 Å². The number of aliphatic hydroxyl groups excluding tert-OH is 1. The van der Waals surface area contributed by atoms with Crippen molar-refractivity contribution in [1.82, 2.24) is 5.32 Å². The van der Waals surface area contributed by atoms with Crippen molar-refractivity contribution in [3.8, 4) is 0 Å². The lowest BCUT2D eigenvalue weighted by atomic mass is 10.4. The van der Waals surface area contributed by atoms with E-state index in [1.807, 2.05) is 0 Å². The first-order chi connectivity index (χ1) is 5.66. The van der Waals surface area contributed by atoms with Gasteiger partial charge in [-0.05, 0) is 6.92 Å². The Hall–Kier alpha value is -0.650. The fraction of sp³-hybridized carbons (Fsp3) is 0.857. The van der Waals surface area contributed by atoms with E-state index in [-0.39, 0.29) is 19.1 Å². The van der Waals surface area contributed by atoms with Gasteiger partial charge in [-0.25, -0.2) is 0 Å². The maximum atomic E-state index is 10.8. The average Bonchev–Trinajstić information content (AvgIpc) is 2.01. The monoisotopic (exact) mass is 176 g/mol. The van der Waals surface area contributed by atoms with Crippen LogP contribution in [0, 0.1) is 0 Å². The molecule has 0 heterocycles. The van der Waals surface area contributed by atoms with E-state index in [4.69, 9.17) is 15.6 Å². The highest BCUT2D eigenvalue weighted by atomic mass is 16.5. The van der Waals surface area contributed by atoms with Gasteiger partial charge in [-0.2, -0.15) is 0 Å². The Morgan fingerprint density at radius 1 is 1.75 bits per heavy atom. The van der Waals surface area contributed by atoms with E-state index in [1.54, 1.807) is 6.92 Å². The maximum Gasteiger partial charge on any atom is 0.246 e. The van der Waals surface area contributed by atoms with Gasteiger partial charge in [0.1, 0.15) is 6.61 Å². The molecule has 0 saturated carbocycles. The molecule has 0 aliphatic heterocycles. The van der Waals surface area contributed by atoms with Crippen LogP contribution in [0.5, 0.6) is 0 Å². The highest BCUT2D eigenvalue weighted by Gasteiger charge is 2.01. The summed E-state index contributed by atoms with van der Waals surface area (Å²) in [5, 5.41) is 11.3. The molecule has 12 heavy (non-hydrogen) atoms. The van der Waals surface area contributed by atoms with Crippen LogP contribution in [-0.4, -0.2) is 43.4 Å². The van der Waals surface area contributed by atoms with E-state index < -0.39 is 6.10 Å². The number of ether oxygens (including phenoxy) is 1. The van der Waals surface area contributed by atoms with Crippen LogP contribution in [0.2, 0.25) is 0 Å². The fourth-order valence-corrected chi connectivity index (χ4v) is 0.561. The van der Waals surface area contributed by atoms with Crippen LogP contribution < -0.4 is 11.1 Å². The molecule has 1 amide bonds. The summed E-state index contributed by atoms with van der Waals surface area (Å²) >= 11 is 0. The van der Waals surface area contributed by atoms with Gasteiger partial charge < -0.3 is 20.9 Å². The van der Waals surface area contributed by atoms with E-state index in [2.05, 4.69) is 5.32 Å². The second-order valence-corrected chi connectivity index (χ2v) is 2.49. The van der Waals surface area contributed by atoms with Crippen molar-refractivity contribution in [2.24, 2.45) is 5.73 Å². The molecule has 0 fully saturated rings. The van der Waals surface area contributed by atoms with E-state index in [1.165, 1.54) is 0 Å². The molecule has 0 spiro atoms. The van der Waals surface area contributed by atoms with E-state index >= 15 is 0 Å². The molecule has 0 aromatic heterocycles. The van der Waals surface area contributed by atoms with Crippen molar-refractivity contribution in [2.75, 3.05) is 26.3 Å². The third-order valence-corrected chi connectivity index (χ3v) is 1.09. The van der Waals surface area contributed by atoms with Crippen molar-refractivity contribution < 1.29 is 14.6 Å². The summed E-state index contributed by atoms with van der Waals surface area (Å²) in [4.78, 5) is 10.8. The lowest BCUT2D eigenvalue weighted by Crippen LogP contribution is -2.33. The van der Waals surface area contributed by atoms with Gasteiger partial charge in [-0.15, -0.1) is 0 Å². The van der Waals surface area contributed by atoms with Crippen LogP contribution in [-0.2, 0) is 9.53 Å².